The van der Waals surface area contributed by atoms with Crippen molar-refractivity contribution in [3.05, 3.63) is 47.5 Å². The molecule has 19 heavy (non-hydrogen) atoms. The Morgan fingerprint density at radius 3 is 2.74 bits per heavy atom. The molecule has 0 N–H and O–H groups in total. The van der Waals surface area contributed by atoms with Crippen molar-refractivity contribution in [1.29, 1.82) is 0 Å². The van der Waals surface area contributed by atoms with Gasteiger partial charge in [0.05, 0.1) is 6.61 Å². The molecular weight excluding hydrogens is 236 g/mol. The lowest BCUT2D eigenvalue weighted by atomic mass is 10.0. The molecule has 0 aliphatic carbocycles. The number of hydrogen-bond acceptors (Lipinski definition) is 2. The molecule has 0 spiro atoms. The van der Waals surface area contributed by atoms with Gasteiger partial charge in [-0.15, -0.1) is 0 Å². The third-order valence-electron chi connectivity index (χ3n) is 3.38. The standard InChI is InChI=1S/C16H22N2O/c1-12(2)14-6-5-13(3)15(11-14)19-10-7-16-17-8-9-18(16)4/h5-6,8-9,11-12H,7,10H2,1-4H3. The van der Waals surface area contributed by atoms with Crippen LogP contribution in [-0.2, 0) is 13.5 Å². The number of aryl methyl sites for hydroxylation is 2. The second-order valence-corrected chi connectivity index (χ2v) is 5.23. The number of aromatic nitrogens is 2. The summed E-state index contributed by atoms with van der Waals surface area (Å²) in [5.41, 5.74) is 2.50. The van der Waals surface area contributed by atoms with Crippen LogP contribution >= 0.6 is 0 Å². The first kappa shape index (κ1) is 13.7. The first-order chi connectivity index (χ1) is 9.08. The van der Waals surface area contributed by atoms with Crippen molar-refractivity contribution in [2.45, 2.75) is 33.1 Å². The van der Waals surface area contributed by atoms with E-state index in [4.69, 9.17) is 4.74 Å². The SMILES string of the molecule is Cc1ccc(C(C)C)cc1OCCc1nccn1C. The van der Waals surface area contributed by atoms with Gasteiger partial charge >= 0.3 is 0 Å². The van der Waals surface area contributed by atoms with Crippen LogP contribution < -0.4 is 4.74 Å². The van der Waals surface area contributed by atoms with Crippen LogP contribution in [0.3, 0.4) is 0 Å². The molecule has 0 atom stereocenters. The highest BCUT2D eigenvalue weighted by molar-refractivity contribution is 5.37. The van der Waals surface area contributed by atoms with Crippen molar-refractivity contribution in [1.82, 2.24) is 9.55 Å². The van der Waals surface area contributed by atoms with Crippen molar-refractivity contribution in [3.8, 4) is 5.75 Å². The van der Waals surface area contributed by atoms with Crippen LogP contribution in [0.5, 0.6) is 5.75 Å². The minimum Gasteiger partial charge on any atom is -0.493 e. The predicted molar refractivity (Wildman–Crippen MR) is 77.7 cm³/mol. The lowest BCUT2D eigenvalue weighted by molar-refractivity contribution is 0.315. The fraction of sp³-hybridized carbons (Fsp3) is 0.438. The van der Waals surface area contributed by atoms with E-state index in [1.807, 2.05) is 24.0 Å². The zero-order valence-corrected chi connectivity index (χ0v) is 12.2. The van der Waals surface area contributed by atoms with Crippen molar-refractivity contribution in [2.75, 3.05) is 6.61 Å². The summed E-state index contributed by atoms with van der Waals surface area (Å²) in [6, 6.07) is 6.45. The van der Waals surface area contributed by atoms with Crippen molar-refractivity contribution >= 4 is 0 Å². The number of ether oxygens (including phenoxy) is 1. The molecule has 0 saturated heterocycles. The minimum absolute atomic E-state index is 0.525. The molecule has 3 heteroatoms. The minimum atomic E-state index is 0.525. The van der Waals surface area contributed by atoms with E-state index in [9.17, 15) is 0 Å². The van der Waals surface area contributed by atoms with Gasteiger partial charge in [-0.1, -0.05) is 26.0 Å². The molecule has 0 amide bonds. The van der Waals surface area contributed by atoms with E-state index in [1.165, 1.54) is 11.1 Å². The van der Waals surface area contributed by atoms with E-state index < -0.39 is 0 Å². The molecule has 3 nitrogen and oxygen atoms in total. The summed E-state index contributed by atoms with van der Waals surface area (Å²) in [7, 11) is 2.01. The quantitative estimate of drug-likeness (QED) is 0.821. The van der Waals surface area contributed by atoms with E-state index in [0.29, 0.717) is 12.5 Å². The second-order valence-electron chi connectivity index (χ2n) is 5.23. The molecule has 0 saturated carbocycles. The highest BCUT2D eigenvalue weighted by Crippen LogP contribution is 2.24. The van der Waals surface area contributed by atoms with Crippen LogP contribution in [0.4, 0.5) is 0 Å². The average Bonchev–Trinajstić information content (AvgIpc) is 2.77. The summed E-state index contributed by atoms with van der Waals surface area (Å²) in [5, 5.41) is 0. The second kappa shape index (κ2) is 5.91. The highest BCUT2D eigenvalue weighted by atomic mass is 16.5. The Bertz CT molecular complexity index is 543. The molecule has 0 fully saturated rings. The first-order valence-corrected chi connectivity index (χ1v) is 6.77. The van der Waals surface area contributed by atoms with E-state index in [2.05, 4.69) is 44.0 Å². The van der Waals surface area contributed by atoms with Crippen molar-refractivity contribution in [2.24, 2.45) is 7.05 Å². The average molecular weight is 258 g/mol. The molecule has 0 aliphatic rings. The highest BCUT2D eigenvalue weighted by Gasteiger charge is 2.05. The number of benzene rings is 1. The van der Waals surface area contributed by atoms with E-state index in [-0.39, 0.29) is 0 Å². The number of nitrogens with zero attached hydrogens (tertiary/aromatic N) is 2. The van der Waals surface area contributed by atoms with Gasteiger partial charge in [0.25, 0.3) is 0 Å². The molecule has 0 radical (unpaired) electrons. The van der Waals surface area contributed by atoms with Crippen molar-refractivity contribution in [3.63, 3.8) is 0 Å². The summed E-state index contributed by atoms with van der Waals surface area (Å²) in [5.74, 6) is 2.57. The Morgan fingerprint density at radius 2 is 2.11 bits per heavy atom. The normalized spacial score (nSPS) is 11.0. The van der Waals surface area contributed by atoms with E-state index in [0.717, 1.165) is 18.0 Å². The largest absolute Gasteiger partial charge is 0.493 e. The fourth-order valence-electron chi connectivity index (χ4n) is 2.02. The zero-order chi connectivity index (χ0) is 13.8. The summed E-state index contributed by atoms with van der Waals surface area (Å²) in [6.45, 7) is 7.14. The van der Waals surface area contributed by atoms with Gasteiger partial charge < -0.3 is 9.30 Å². The summed E-state index contributed by atoms with van der Waals surface area (Å²) < 4.78 is 7.93. The maximum Gasteiger partial charge on any atom is 0.122 e. The fourth-order valence-corrected chi connectivity index (χ4v) is 2.02. The Balaban J connectivity index is 1.99. The van der Waals surface area contributed by atoms with Gasteiger partial charge in [-0.3, -0.25) is 0 Å². The third-order valence-corrected chi connectivity index (χ3v) is 3.38. The maximum absolute atomic E-state index is 5.90. The van der Waals surface area contributed by atoms with Gasteiger partial charge in [0.2, 0.25) is 0 Å². The van der Waals surface area contributed by atoms with Gasteiger partial charge in [-0.2, -0.15) is 0 Å². The monoisotopic (exact) mass is 258 g/mol. The number of imidazole rings is 1. The predicted octanol–water partition coefficient (Wildman–Crippen LogP) is 3.47. The molecule has 0 bridgehead atoms. The molecule has 2 rings (SSSR count). The van der Waals surface area contributed by atoms with Crippen LogP contribution in [0, 0.1) is 6.92 Å². The smallest absolute Gasteiger partial charge is 0.122 e. The molecule has 2 aromatic rings. The summed E-state index contributed by atoms with van der Waals surface area (Å²) in [6.07, 6.45) is 4.61. The molecular formula is C16H22N2O. The van der Waals surface area contributed by atoms with Gasteiger partial charge in [0, 0.05) is 25.9 Å². The lowest BCUT2D eigenvalue weighted by Crippen LogP contribution is -2.07. The van der Waals surface area contributed by atoms with Gasteiger partial charge in [-0.25, -0.2) is 4.98 Å². The van der Waals surface area contributed by atoms with Gasteiger partial charge in [0.15, 0.2) is 0 Å². The zero-order valence-electron chi connectivity index (χ0n) is 12.2. The first-order valence-electron chi connectivity index (χ1n) is 6.77. The molecule has 0 aliphatic heterocycles. The summed E-state index contributed by atoms with van der Waals surface area (Å²) in [4.78, 5) is 4.30. The maximum atomic E-state index is 5.90. The number of rotatable bonds is 5. The van der Waals surface area contributed by atoms with Crippen LogP contribution in [0.15, 0.2) is 30.6 Å². The van der Waals surface area contributed by atoms with Crippen LogP contribution in [0.1, 0.15) is 36.7 Å². The molecule has 0 unspecified atom stereocenters. The molecule has 1 aromatic heterocycles. The molecule has 1 aromatic carbocycles. The van der Waals surface area contributed by atoms with Gasteiger partial charge in [0.1, 0.15) is 11.6 Å². The van der Waals surface area contributed by atoms with E-state index in [1.54, 1.807) is 0 Å². The Labute approximate surface area is 115 Å². The Kier molecular flexibility index (Phi) is 4.25. The molecule has 102 valence electrons. The van der Waals surface area contributed by atoms with Crippen molar-refractivity contribution < 1.29 is 4.74 Å². The third kappa shape index (κ3) is 3.37. The summed E-state index contributed by atoms with van der Waals surface area (Å²) >= 11 is 0. The van der Waals surface area contributed by atoms with Crippen LogP contribution in [-0.4, -0.2) is 16.2 Å². The lowest BCUT2D eigenvalue weighted by Gasteiger charge is -2.12. The Morgan fingerprint density at radius 1 is 1.32 bits per heavy atom. The van der Waals surface area contributed by atoms with E-state index >= 15 is 0 Å². The Hall–Kier alpha value is -1.77. The van der Waals surface area contributed by atoms with Crippen LogP contribution in [0.2, 0.25) is 0 Å². The number of hydrogen-bond donors (Lipinski definition) is 0. The van der Waals surface area contributed by atoms with Gasteiger partial charge in [-0.05, 0) is 30.0 Å². The van der Waals surface area contributed by atoms with Crippen LogP contribution in [0.25, 0.3) is 0 Å². The molecule has 1 heterocycles. The topological polar surface area (TPSA) is 27.1 Å².